The Morgan fingerprint density at radius 3 is 2.35 bits per heavy atom. The van der Waals surface area contributed by atoms with Gasteiger partial charge in [0.05, 0.1) is 23.8 Å². The van der Waals surface area contributed by atoms with Crippen LogP contribution in [0.25, 0.3) is 0 Å². The lowest BCUT2D eigenvalue weighted by Crippen LogP contribution is -2.10. The number of carbonyl (C=O) groups is 2. The fourth-order valence-electron chi connectivity index (χ4n) is 3.63. The standard InChI is InChI=1S/C30H31NO6/c1-2-3-4-5-6-7-17-35-25-13-11-24(12-14-25)29(33)37-26-15-16-28(32)27(19-26)30(34)36-21-23-10-8-9-22(18-23)20-31/h8-16,18-19,32H,2-7,17,21H2,1H3. The summed E-state index contributed by atoms with van der Waals surface area (Å²) in [7, 11) is 0. The third-order valence-corrected chi connectivity index (χ3v) is 5.68. The number of esters is 2. The minimum Gasteiger partial charge on any atom is -0.507 e. The van der Waals surface area contributed by atoms with E-state index in [4.69, 9.17) is 19.5 Å². The highest BCUT2D eigenvalue weighted by Crippen LogP contribution is 2.25. The highest BCUT2D eigenvalue weighted by molar-refractivity contribution is 5.94. The Labute approximate surface area is 217 Å². The molecule has 3 aromatic carbocycles. The summed E-state index contributed by atoms with van der Waals surface area (Å²) < 4.78 is 16.4. The van der Waals surface area contributed by atoms with Crippen molar-refractivity contribution in [1.82, 2.24) is 0 Å². The number of hydrogen-bond donors (Lipinski definition) is 1. The Balaban J connectivity index is 1.52. The number of nitriles is 1. The maximum Gasteiger partial charge on any atom is 0.343 e. The van der Waals surface area contributed by atoms with Crippen molar-refractivity contribution in [3.63, 3.8) is 0 Å². The molecule has 0 radical (unpaired) electrons. The van der Waals surface area contributed by atoms with Crippen LogP contribution in [0.15, 0.2) is 66.7 Å². The molecule has 0 aromatic heterocycles. The molecular formula is C30H31NO6. The first-order chi connectivity index (χ1) is 18.0. The Kier molecular flexibility index (Phi) is 10.5. The predicted octanol–water partition coefficient (Wildman–Crippen LogP) is 6.58. The molecule has 3 aromatic rings. The zero-order chi connectivity index (χ0) is 26.5. The quantitative estimate of drug-likeness (QED) is 0.160. The molecule has 192 valence electrons. The van der Waals surface area contributed by atoms with E-state index in [1.54, 1.807) is 48.5 Å². The van der Waals surface area contributed by atoms with Crippen LogP contribution in [0.4, 0.5) is 0 Å². The van der Waals surface area contributed by atoms with Crippen LogP contribution in [0.5, 0.6) is 17.2 Å². The van der Waals surface area contributed by atoms with Crippen LogP contribution in [0.1, 0.15) is 77.3 Å². The molecular weight excluding hydrogens is 470 g/mol. The Morgan fingerprint density at radius 2 is 1.59 bits per heavy atom. The summed E-state index contributed by atoms with van der Waals surface area (Å²) in [4.78, 5) is 25.1. The molecule has 7 nitrogen and oxygen atoms in total. The van der Waals surface area contributed by atoms with Gasteiger partial charge in [-0.15, -0.1) is 0 Å². The third-order valence-electron chi connectivity index (χ3n) is 5.68. The highest BCUT2D eigenvalue weighted by Gasteiger charge is 2.17. The molecule has 0 spiro atoms. The van der Waals surface area contributed by atoms with Gasteiger partial charge in [0.15, 0.2) is 0 Å². The number of ether oxygens (including phenoxy) is 3. The number of rotatable bonds is 13. The van der Waals surface area contributed by atoms with E-state index in [0.717, 1.165) is 12.8 Å². The van der Waals surface area contributed by atoms with Crippen LogP contribution < -0.4 is 9.47 Å². The fourth-order valence-corrected chi connectivity index (χ4v) is 3.63. The smallest absolute Gasteiger partial charge is 0.343 e. The molecule has 0 amide bonds. The number of benzene rings is 3. The normalized spacial score (nSPS) is 10.4. The number of phenols is 1. The maximum absolute atomic E-state index is 12.6. The van der Waals surface area contributed by atoms with Crippen molar-refractivity contribution < 1.29 is 28.9 Å². The Bertz CT molecular complexity index is 1230. The van der Waals surface area contributed by atoms with Crippen molar-refractivity contribution in [3.8, 4) is 23.3 Å². The first-order valence-corrected chi connectivity index (χ1v) is 12.4. The molecule has 0 unspecified atom stereocenters. The van der Waals surface area contributed by atoms with E-state index < -0.39 is 11.9 Å². The van der Waals surface area contributed by atoms with Gasteiger partial charge in [0.25, 0.3) is 0 Å². The summed E-state index contributed by atoms with van der Waals surface area (Å²) >= 11 is 0. The Hall–Kier alpha value is -4.31. The lowest BCUT2D eigenvalue weighted by molar-refractivity contribution is 0.0467. The monoisotopic (exact) mass is 501 g/mol. The fraction of sp³-hybridized carbons (Fsp3) is 0.300. The van der Waals surface area contributed by atoms with Gasteiger partial charge in [0.1, 0.15) is 29.4 Å². The minimum atomic E-state index is -0.787. The molecule has 0 aliphatic carbocycles. The van der Waals surface area contributed by atoms with Crippen LogP contribution in [0.2, 0.25) is 0 Å². The largest absolute Gasteiger partial charge is 0.507 e. The molecule has 0 heterocycles. The van der Waals surface area contributed by atoms with Gasteiger partial charge >= 0.3 is 11.9 Å². The molecule has 0 saturated heterocycles. The van der Waals surface area contributed by atoms with Crippen LogP contribution in [-0.2, 0) is 11.3 Å². The highest BCUT2D eigenvalue weighted by atomic mass is 16.5. The molecule has 37 heavy (non-hydrogen) atoms. The van der Waals surface area contributed by atoms with Crippen LogP contribution >= 0.6 is 0 Å². The third kappa shape index (κ3) is 8.69. The summed E-state index contributed by atoms with van der Waals surface area (Å²) in [6, 6.07) is 19.2. The maximum atomic E-state index is 12.6. The summed E-state index contributed by atoms with van der Waals surface area (Å²) in [6.45, 7) is 2.75. The second-order valence-corrected chi connectivity index (χ2v) is 8.60. The van der Waals surface area contributed by atoms with E-state index in [1.807, 2.05) is 6.07 Å². The molecule has 7 heteroatoms. The number of phenolic OH excluding ortho intramolecular Hbond substituents is 1. The molecule has 3 rings (SSSR count). The molecule has 0 aliphatic heterocycles. The van der Waals surface area contributed by atoms with Gasteiger partial charge < -0.3 is 19.3 Å². The van der Waals surface area contributed by atoms with Gasteiger partial charge in [-0.25, -0.2) is 9.59 Å². The Morgan fingerprint density at radius 1 is 0.865 bits per heavy atom. The molecule has 0 fully saturated rings. The van der Waals surface area contributed by atoms with E-state index in [2.05, 4.69) is 6.92 Å². The van der Waals surface area contributed by atoms with Crippen molar-refractivity contribution in [1.29, 1.82) is 5.26 Å². The number of aromatic hydroxyl groups is 1. The predicted molar refractivity (Wildman–Crippen MR) is 139 cm³/mol. The number of hydrogen-bond acceptors (Lipinski definition) is 7. The lowest BCUT2D eigenvalue weighted by atomic mass is 10.1. The van der Waals surface area contributed by atoms with Crippen molar-refractivity contribution in [2.45, 2.75) is 52.1 Å². The number of nitrogens with zero attached hydrogens (tertiary/aromatic N) is 1. The summed E-state index contributed by atoms with van der Waals surface area (Å²) in [5, 5.41) is 19.1. The van der Waals surface area contributed by atoms with Gasteiger partial charge in [-0.3, -0.25) is 0 Å². The minimum absolute atomic E-state index is 0.0783. The SMILES string of the molecule is CCCCCCCCOc1ccc(C(=O)Oc2ccc(O)c(C(=O)OCc3cccc(C#N)c3)c2)cc1. The van der Waals surface area contributed by atoms with Gasteiger partial charge in [0.2, 0.25) is 0 Å². The molecule has 0 saturated carbocycles. The van der Waals surface area contributed by atoms with Crippen LogP contribution in [-0.4, -0.2) is 23.7 Å². The molecule has 0 aliphatic rings. The van der Waals surface area contributed by atoms with E-state index in [0.29, 0.717) is 29.0 Å². The number of carbonyl (C=O) groups excluding carboxylic acids is 2. The van der Waals surface area contributed by atoms with Crippen LogP contribution in [0, 0.1) is 11.3 Å². The second kappa shape index (κ2) is 14.3. The van der Waals surface area contributed by atoms with Crippen molar-refractivity contribution in [2.75, 3.05) is 6.61 Å². The van der Waals surface area contributed by atoms with E-state index in [-0.39, 0.29) is 23.7 Å². The lowest BCUT2D eigenvalue weighted by Gasteiger charge is -2.10. The molecule has 0 atom stereocenters. The second-order valence-electron chi connectivity index (χ2n) is 8.60. The zero-order valence-corrected chi connectivity index (χ0v) is 20.9. The van der Waals surface area contributed by atoms with Crippen molar-refractivity contribution >= 4 is 11.9 Å². The first kappa shape index (κ1) is 27.3. The van der Waals surface area contributed by atoms with Gasteiger partial charge in [-0.05, 0) is 66.6 Å². The van der Waals surface area contributed by atoms with E-state index >= 15 is 0 Å². The summed E-state index contributed by atoms with van der Waals surface area (Å²) in [5.74, 6) is -0.933. The van der Waals surface area contributed by atoms with Gasteiger partial charge in [-0.1, -0.05) is 51.2 Å². The molecule has 1 N–H and O–H groups in total. The topological polar surface area (TPSA) is 106 Å². The summed E-state index contributed by atoms with van der Waals surface area (Å²) in [5.41, 5.74) is 1.26. The van der Waals surface area contributed by atoms with Crippen molar-refractivity contribution in [2.24, 2.45) is 0 Å². The van der Waals surface area contributed by atoms with E-state index in [1.165, 1.54) is 43.9 Å². The van der Waals surface area contributed by atoms with Crippen LogP contribution in [0.3, 0.4) is 0 Å². The average Bonchev–Trinajstić information content (AvgIpc) is 2.92. The van der Waals surface area contributed by atoms with E-state index in [9.17, 15) is 14.7 Å². The van der Waals surface area contributed by atoms with Gasteiger partial charge in [-0.2, -0.15) is 5.26 Å². The number of unbranched alkanes of at least 4 members (excludes halogenated alkanes) is 5. The zero-order valence-electron chi connectivity index (χ0n) is 20.9. The van der Waals surface area contributed by atoms with Crippen molar-refractivity contribution in [3.05, 3.63) is 89.0 Å². The van der Waals surface area contributed by atoms with Gasteiger partial charge in [0, 0.05) is 0 Å². The summed E-state index contributed by atoms with van der Waals surface area (Å²) in [6.07, 6.45) is 7.11. The first-order valence-electron chi connectivity index (χ1n) is 12.4. The molecule has 0 bridgehead atoms. The average molecular weight is 502 g/mol.